The second-order valence-corrected chi connectivity index (χ2v) is 10.7. The van der Waals surface area contributed by atoms with Crippen molar-refractivity contribution in [2.24, 2.45) is 10.7 Å². The average Bonchev–Trinajstić information content (AvgIpc) is 3.27. The van der Waals surface area contributed by atoms with Crippen LogP contribution in [-0.4, -0.2) is 31.2 Å². The number of benzene rings is 2. The van der Waals surface area contributed by atoms with E-state index in [0.29, 0.717) is 31.8 Å². The van der Waals surface area contributed by atoms with Crippen molar-refractivity contribution < 1.29 is 9.84 Å². The molecule has 3 N–H and O–H groups in total. The van der Waals surface area contributed by atoms with Crippen LogP contribution < -0.4 is 5.73 Å². The Morgan fingerprint density at radius 1 is 1.00 bits per heavy atom. The molecule has 2 aliphatic heterocycles. The molecule has 0 amide bonds. The molecule has 1 aromatic heterocycles. The Morgan fingerprint density at radius 3 is 2.37 bits per heavy atom. The van der Waals surface area contributed by atoms with Crippen LogP contribution in [-0.2, 0) is 28.7 Å². The number of hydrogen-bond acceptors (Lipinski definition) is 6. The first-order valence-corrected chi connectivity index (χ1v) is 12.3. The van der Waals surface area contributed by atoms with Gasteiger partial charge in [0.2, 0.25) is 5.88 Å². The molecule has 1 saturated carbocycles. The van der Waals surface area contributed by atoms with Gasteiger partial charge in [0.1, 0.15) is 5.82 Å². The van der Waals surface area contributed by atoms with E-state index in [9.17, 15) is 5.11 Å². The van der Waals surface area contributed by atoms with Crippen LogP contribution in [0, 0.1) is 0 Å². The molecule has 7 heteroatoms. The maximum atomic E-state index is 10.2. The normalized spacial score (nSPS) is 29.6. The van der Waals surface area contributed by atoms with Gasteiger partial charge in [-0.2, -0.15) is 0 Å². The quantitative estimate of drug-likeness (QED) is 0.601. The van der Waals surface area contributed by atoms with Crippen molar-refractivity contribution in [1.82, 2.24) is 14.8 Å². The number of fused-ring (bicyclic) bond motifs is 2. The number of nitrogens with two attached hydrogens (primary N) is 1. The van der Waals surface area contributed by atoms with E-state index < -0.39 is 11.1 Å². The number of allylic oxidation sites excluding steroid dienone is 1. The molecule has 180 valence electrons. The zero-order chi connectivity index (χ0) is 24.4. The van der Waals surface area contributed by atoms with Crippen molar-refractivity contribution in [2.45, 2.75) is 69.6 Å². The summed E-state index contributed by atoms with van der Waals surface area (Å²) >= 11 is 0. The van der Waals surface area contributed by atoms with Crippen LogP contribution in [0.15, 0.2) is 65.5 Å². The van der Waals surface area contributed by atoms with E-state index in [1.165, 1.54) is 5.56 Å². The highest BCUT2D eigenvalue weighted by atomic mass is 16.5. The molecule has 0 saturated heterocycles. The molecule has 35 heavy (non-hydrogen) atoms. The average molecular weight is 470 g/mol. The highest BCUT2D eigenvalue weighted by Crippen LogP contribution is 2.47. The minimum atomic E-state index is -0.688. The summed E-state index contributed by atoms with van der Waals surface area (Å²) in [5.41, 5.74) is 10.3. The van der Waals surface area contributed by atoms with Crippen molar-refractivity contribution in [1.29, 1.82) is 0 Å². The van der Waals surface area contributed by atoms with E-state index in [4.69, 9.17) is 15.5 Å². The number of aliphatic hydroxyl groups is 1. The fourth-order valence-electron chi connectivity index (χ4n) is 6.09. The van der Waals surface area contributed by atoms with Gasteiger partial charge < -0.3 is 15.6 Å². The molecule has 3 aliphatic rings. The molecule has 6 rings (SSSR count). The molecule has 3 heterocycles. The summed E-state index contributed by atoms with van der Waals surface area (Å²) in [5, 5.41) is 19.0. The van der Waals surface area contributed by atoms with Crippen LogP contribution in [0.5, 0.6) is 0 Å². The number of aryl methyl sites for hydroxylation is 1. The number of aromatic nitrogens is 3. The van der Waals surface area contributed by atoms with Crippen molar-refractivity contribution in [2.75, 3.05) is 0 Å². The molecule has 1 atom stereocenters. The minimum Gasteiger partial charge on any atom is -0.468 e. The molecule has 7 nitrogen and oxygen atoms in total. The largest absolute Gasteiger partial charge is 0.468 e. The monoisotopic (exact) mass is 469 g/mol. The highest BCUT2D eigenvalue weighted by Gasteiger charge is 2.49. The standard InChI is InChI=1S/C28H31N5O2/c1-4-22-31-32-23-15-35-25-21(33(22)23)14-27(3,19-8-6-5-7-9-19)24(30-25)18-10-12-20(13-11-18)28(29)16-26(2,34)17-28/h5-13,34H,4,14-17,29H2,1-3H3. The Balaban J connectivity index is 1.46. The first kappa shape index (κ1) is 22.2. The van der Waals surface area contributed by atoms with Gasteiger partial charge in [0.25, 0.3) is 0 Å². The fraction of sp³-hybridized carbons (Fsp3) is 0.393. The van der Waals surface area contributed by atoms with Crippen LogP contribution in [0.1, 0.15) is 68.4 Å². The second-order valence-electron chi connectivity index (χ2n) is 10.7. The van der Waals surface area contributed by atoms with Crippen LogP contribution >= 0.6 is 0 Å². The molecule has 0 bridgehead atoms. The highest BCUT2D eigenvalue weighted by molar-refractivity contribution is 6.10. The first-order chi connectivity index (χ1) is 16.7. The molecule has 1 aliphatic carbocycles. The lowest BCUT2D eigenvalue weighted by Gasteiger charge is -2.49. The Hall–Kier alpha value is -3.29. The molecule has 2 aromatic carbocycles. The Morgan fingerprint density at radius 2 is 1.71 bits per heavy atom. The molecule has 1 fully saturated rings. The third kappa shape index (κ3) is 3.45. The molecular formula is C28H31N5O2. The van der Waals surface area contributed by atoms with Gasteiger partial charge in [0.05, 0.1) is 17.0 Å². The van der Waals surface area contributed by atoms with Gasteiger partial charge in [-0.1, -0.05) is 61.5 Å². The van der Waals surface area contributed by atoms with E-state index in [1.54, 1.807) is 0 Å². The predicted octanol–water partition coefficient (Wildman–Crippen LogP) is 4.05. The summed E-state index contributed by atoms with van der Waals surface area (Å²) in [6.07, 6.45) is 2.63. The third-order valence-electron chi connectivity index (χ3n) is 7.76. The van der Waals surface area contributed by atoms with Crippen LogP contribution in [0.3, 0.4) is 0 Å². The lowest BCUT2D eigenvalue weighted by Crippen LogP contribution is -2.58. The molecule has 0 radical (unpaired) electrons. The topological polar surface area (TPSA) is 98.6 Å². The third-order valence-corrected chi connectivity index (χ3v) is 7.76. The van der Waals surface area contributed by atoms with E-state index in [-0.39, 0.29) is 5.41 Å². The van der Waals surface area contributed by atoms with Gasteiger partial charge in [0.15, 0.2) is 12.4 Å². The van der Waals surface area contributed by atoms with Gasteiger partial charge in [-0.3, -0.25) is 4.57 Å². The van der Waals surface area contributed by atoms with Crippen molar-refractivity contribution >= 4 is 11.4 Å². The summed E-state index contributed by atoms with van der Waals surface area (Å²) in [6.45, 7) is 6.54. The van der Waals surface area contributed by atoms with Crippen LogP contribution in [0.4, 0.5) is 0 Å². The van der Waals surface area contributed by atoms with Crippen LogP contribution in [0.25, 0.3) is 5.70 Å². The summed E-state index contributed by atoms with van der Waals surface area (Å²) in [6, 6.07) is 18.9. The molecule has 0 spiro atoms. The molecule has 3 aromatic rings. The van der Waals surface area contributed by atoms with Gasteiger partial charge in [-0.05, 0) is 43.4 Å². The number of rotatable bonds is 4. The Kier molecular flexibility index (Phi) is 4.82. The fourth-order valence-corrected chi connectivity index (χ4v) is 6.09. The van der Waals surface area contributed by atoms with Gasteiger partial charge in [-0.15, -0.1) is 10.2 Å². The molecular weight excluding hydrogens is 438 g/mol. The summed E-state index contributed by atoms with van der Waals surface area (Å²) in [5.74, 6) is 2.40. The summed E-state index contributed by atoms with van der Waals surface area (Å²) in [7, 11) is 0. The maximum absolute atomic E-state index is 10.2. The maximum Gasteiger partial charge on any atom is 0.234 e. The Labute approximate surface area is 205 Å². The number of ether oxygens (including phenoxy) is 1. The van der Waals surface area contributed by atoms with Gasteiger partial charge >= 0.3 is 0 Å². The first-order valence-electron chi connectivity index (χ1n) is 12.3. The molecule has 1 unspecified atom stereocenters. The van der Waals surface area contributed by atoms with Crippen molar-refractivity contribution in [3.05, 3.63) is 88.8 Å². The second kappa shape index (κ2) is 7.60. The van der Waals surface area contributed by atoms with E-state index in [0.717, 1.165) is 40.6 Å². The van der Waals surface area contributed by atoms with E-state index in [1.807, 2.05) is 13.0 Å². The van der Waals surface area contributed by atoms with Crippen molar-refractivity contribution in [3.8, 4) is 0 Å². The van der Waals surface area contributed by atoms with Crippen molar-refractivity contribution in [3.63, 3.8) is 0 Å². The Bertz CT molecular complexity index is 1350. The smallest absolute Gasteiger partial charge is 0.234 e. The predicted molar refractivity (Wildman–Crippen MR) is 135 cm³/mol. The van der Waals surface area contributed by atoms with E-state index >= 15 is 0 Å². The zero-order valence-corrected chi connectivity index (χ0v) is 20.5. The lowest BCUT2D eigenvalue weighted by atomic mass is 9.63. The zero-order valence-electron chi connectivity index (χ0n) is 20.5. The minimum absolute atomic E-state index is 0.360. The number of nitrogens with zero attached hydrogens (tertiary/aromatic N) is 4. The number of aliphatic imine (C=N–C) groups is 1. The van der Waals surface area contributed by atoms with Gasteiger partial charge in [0, 0.05) is 23.8 Å². The van der Waals surface area contributed by atoms with Crippen LogP contribution in [0.2, 0.25) is 0 Å². The van der Waals surface area contributed by atoms with E-state index in [2.05, 4.69) is 77.1 Å². The van der Waals surface area contributed by atoms with Gasteiger partial charge in [-0.25, -0.2) is 4.99 Å². The lowest BCUT2D eigenvalue weighted by molar-refractivity contribution is -0.0738. The number of hydrogen-bond donors (Lipinski definition) is 2. The SMILES string of the molecule is CCc1nnc2n1C1=C(N=C(c3ccc(C4(N)CC(C)(O)C4)cc3)C(C)(c3ccccc3)C1)OC2. The summed E-state index contributed by atoms with van der Waals surface area (Å²) < 4.78 is 8.24. The summed E-state index contributed by atoms with van der Waals surface area (Å²) in [4.78, 5) is 5.13.